The molecule has 2 unspecified atom stereocenters. The van der Waals surface area contributed by atoms with E-state index in [-0.39, 0.29) is 0 Å². The highest BCUT2D eigenvalue weighted by Crippen LogP contribution is 2.25. The molecule has 1 saturated heterocycles. The van der Waals surface area contributed by atoms with Gasteiger partial charge in [0.15, 0.2) is 0 Å². The minimum atomic E-state index is 0.303. The van der Waals surface area contributed by atoms with Gasteiger partial charge in [0.05, 0.1) is 12.2 Å². The lowest BCUT2D eigenvalue weighted by Gasteiger charge is -2.37. The van der Waals surface area contributed by atoms with Gasteiger partial charge < -0.3 is 15.4 Å². The van der Waals surface area contributed by atoms with Gasteiger partial charge >= 0.3 is 0 Å². The quantitative estimate of drug-likeness (QED) is 0.890. The Labute approximate surface area is 110 Å². The molecule has 0 amide bonds. The van der Waals surface area contributed by atoms with Gasteiger partial charge in [-0.15, -0.1) is 0 Å². The van der Waals surface area contributed by atoms with Crippen LogP contribution in [0.3, 0.4) is 0 Å². The van der Waals surface area contributed by atoms with Gasteiger partial charge in [-0.1, -0.05) is 12.1 Å². The molecule has 1 aliphatic heterocycles. The van der Waals surface area contributed by atoms with Gasteiger partial charge in [0.2, 0.25) is 0 Å². The van der Waals surface area contributed by atoms with Crippen molar-refractivity contribution >= 4 is 5.69 Å². The normalized spacial score (nSPS) is 24.3. The van der Waals surface area contributed by atoms with E-state index in [0.717, 1.165) is 19.5 Å². The van der Waals surface area contributed by atoms with Crippen LogP contribution in [0.5, 0.6) is 0 Å². The Balaban J connectivity index is 2.17. The number of morpholine rings is 1. The number of anilines is 1. The first-order valence-corrected chi connectivity index (χ1v) is 6.80. The van der Waals surface area contributed by atoms with Crippen LogP contribution in [0, 0.1) is 6.92 Å². The van der Waals surface area contributed by atoms with Crippen LogP contribution in [0.2, 0.25) is 0 Å². The van der Waals surface area contributed by atoms with Crippen LogP contribution in [0.15, 0.2) is 18.2 Å². The zero-order valence-corrected chi connectivity index (χ0v) is 11.6. The molecule has 3 heteroatoms. The summed E-state index contributed by atoms with van der Waals surface area (Å²) in [6.45, 7) is 9.12. The minimum absolute atomic E-state index is 0.303. The fourth-order valence-corrected chi connectivity index (χ4v) is 2.77. The van der Waals surface area contributed by atoms with Gasteiger partial charge in [-0.3, -0.25) is 0 Å². The number of hydrogen-bond donors (Lipinski definition) is 1. The molecule has 1 aliphatic rings. The topological polar surface area (TPSA) is 38.5 Å². The van der Waals surface area contributed by atoms with Gasteiger partial charge in [-0.25, -0.2) is 0 Å². The third-order valence-electron chi connectivity index (χ3n) is 3.45. The van der Waals surface area contributed by atoms with Crippen LogP contribution in [0.1, 0.15) is 25.0 Å². The number of benzene rings is 1. The highest BCUT2D eigenvalue weighted by Gasteiger charge is 2.23. The SMILES string of the molecule is Cc1cc(CCN)ccc1N1CC(C)OC(C)C1. The van der Waals surface area contributed by atoms with Gasteiger partial charge in [0.1, 0.15) is 0 Å². The van der Waals surface area contributed by atoms with Crippen molar-refractivity contribution in [2.75, 3.05) is 24.5 Å². The number of hydrogen-bond acceptors (Lipinski definition) is 3. The summed E-state index contributed by atoms with van der Waals surface area (Å²) in [5.74, 6) is 0. The number of rotatable bonds is 3. The largest absolute Gasteiger partial charge is 0.372 e. The van der Waals surface area contributed by atoms with E-state index in [0.29, 0.717) is 18.8 Å². The van der Waals surface area contributed by atoms with Gasteiger partial charge in [-0.05, 0) is 50.9 Å². The molecule has 2 atom stereocenters. The second kappa shape index (κ2) is 5.72. The summed E-state index contributed by atoms with van der Waals surface area (Å²) < 4.78 is 5.78. The third-order valence-corrected chi connectivity index (χ3v) is 3.45. The van der Waals surface area contributed by atoms with Crippen molar-refractivity contribution in [2.24, 2.45) is 5.73 Å². The Kier molecular flexibility index (Phi) is 4.25. The monoisotopic (exact) mass is 248 g/mol. The van der Waals surface area contributed by atoms with Crippen molar-refractivity contribution in [1.82, 2.24) is 0 Å². The van der Waals surface area contributed by atoms with Crippen LogP contribution in [-0.2, 0) is 11.2 Å². The van der Waals surface area contributed by atoms with E-state index in [1.807, 2.05) is 0 Å². The number of aryl methyl sites for hydroxylation is 1. The van der Waals surface area contributed by atoms with E-state index in [2.05, 4.69) is 43.9 Å². The summed E-state index contributed by atoms with van der Waals surface area (Å²) in [6, 6.07) is 6.68. The standard InChI is InChI=1S/C15H24N2O/c1-11-8-14(6-7-16)4-5-15(11)17-9-12(2)18-13(3)10-17/h4-5,8,12-13H,6-7,9-10,16H2,1-3H3. The predicted octanol–water partition coefficient (Wildman–Crippen LogP) is 2.11. The molecular formula is C15H24N2O. The van der Waals surface area contributed by atoms with Crippen molar-refractivity contribution in [3.05, 3.63) is 29.3 Å². The highest BCUT2D eigenvalue weighted by molar-refractivity contribution is 5.55. The Hall–Kier alpha value is -1.06. The fraction of sp³-hybridized carbons (Fsp3) is 0.600. The van der Waals surface area contributed by atoms with Crippen molar-refractivity contribution in [2.45, 2.75) is 39.4 Å². The highest BCUT2D eigenvalue weighted by atomic mass is 16.5. The van der Waals surface area contributed by atoms with Crippen LogP contribution < -0.4 is 10.6 Å². The summed E-state index contributed by atoms with van der Waals surface area (Å²) in [7, 11) is 0. The summed E-state index contributed by atoms with van der Waals surface area (Å²) in [4.78, 5) is 2.43. The molecule has 1 aromatic carbocycles. The predicted molar refractivity (Wildman–Crippen MR) is 76.2 cm³/mol. The summed E-state index contributed by atoms with van der Waals surface area (Å²) in [5.41, 5.74) is 9.59. The molecule has 1 fully saturated rings. The van der Waals surface area contributed by atoms with E-state index in [1.54, 1.807) is 0 Å². The second-order valence-electron chi connectivity index (χ2n) is 5.32. The maximum Gasteiger partial charge on any atom is 0.0726 e. The Morgan fingerprint density at radius 3 is 2.50 bits per heavy atom. The molecule has 3 nitrogen and oxygen atoms in total. The fourth-order valence-electron chi connectivity index (χ4n) is 2.77. The Morgan fingerprint density at radius 1 is 1.28 bits per heavy atom. The summed E-state index contributed by atoms with van der Waals surface area (Å²) in [6.07, 6.45) is 1.56. The molecule has 0 spiro atoms. The van der Waals surface area contributed by atoms with Crippen molar-refractivity contribution in [3.8, 4) is 0 Å². The lowest BCUT2D eigenvalue weighted by molar-refractivity contribution is -0.00524. The first kappa shape index (κ1) is 13.4. The summed E-state index contributed by atoms with van der Waals surface area (Å²) in [5, 5.41) is 0. The molecule has 0 saturated carbocycles. The number of nitrogens with two attached hydrogens (primary N) is 1. The Morgan fingerprint density at radius 2 is 1.94 bits per heavy atom. The van der Waals surface area contributed by atoms with Crippen molar-refractivity contribution in [1.29, 1.82) is 0 Å². The second-order valence-corrected chi connectivity index (χ2v) is 5.32. The van der Waals surface area contributed by atoms with Gasteiger partial charge in [0, 0.05) is 18.8 Å². The maximum absolute atomic E-state index is 5.78. The number of nitrogens with zero attached hydrogens (tertiary/aromatic N) is 1. The van der Waals surface area contributed by atoms with Crippen LogP contribution in [-0.4, -0.2) is 31.8 Å². The van der Waals surface area contributed by atoms with E-state index < -0.39 is 0 Å². The minimum Gasteiger partial charge on any atom is -0.372 e. The molecule has 1 heterocycles. The summed E-state index contributed by atoms with van der Waals surface area (Å²) >= 11 is 0. The average Bonchev–Trinajstić information content (AvgIpc) is 2.28. The molecule has 1 aromatic rings. The first-order valence-electron chi connectivity index (χ1n) is 6.80. The maximum atomic E-state index is 5.78. The molecule has 0 bridgehead atoms. The smallest absolute Gasteiger partial charge is 0.0726 e. The molecule has 0 aromatic heterocycles. The van der Waals surface area contributed by atoms with E-state index in [1.165, 1.54) is 16.8 Å². The average molecular weight is 248 g/mol. The Bertz CT molecular complexity index is 395. The molecule has 0 radical (unpaired) electrons. The van der Waals surface area contributed by atoms with E-state index in [4.69, 9.17) is 10.5 Å². The van der Waals surface area contributed by atoms with Crippen LogP contribution in [0.25, 0.3) is 0 Å². The molecule has 2 N–H and O–H groups in total. The zero-order chi connectivity index (χ0) is 13.1. The molecule has 18 heavy (non-hydrogen) atoms. The zero-order valence-electron chi connectivity index (χ0n) is 11.6. The lowest BCUT2D eigenvalue weighted by atomic mass is 10.1. The first-order chi connectivity index (χ1) is 8.60. The lowest BCUT2D eigenvalue weighted by Crippen LogP contribution is -2.45. The third kappa shape index (κ3) is 3.03. The molecular weight excluding hydrogens is 224 g/mol. The number of ether oxygens (including phenoxy) is 1. The van der Waals surface area contributed by atoms with Crippen molar-refractivity contribution < 1.29 is 4.74 Å². The molecule has 2 rings (SSSR count). The molecule has 100 valence electrons. The van der Waals surface area contributed by atoms with Crippen molar-refractivity contribution in [3.63, 3.8) is 0 Å². The van der Waals surface area contributed by atoms with Gasteiger partial charge in [0.25, 0.3) is 0 Å². The molecule has 0 aliphatic carbocycles. The van der Waals surface area contributed by atoms with E-state index >= 15 is 0 Å². The van der Waals surface area contributed by atoms with E-state index in [9.17, 15) is 0 Å². The van der Waals surface area contributed by atoms with Crippen LogP contribution >= 0.6 is 0 Å². The van der Waals surface area contributed by atoms with Crippen LogP contribution in [0.4, 0.5) is 5.69 Å². The van der Waals surface area contributed by atoms with Gasteiger partial charge in [-0.2, -0.15) is 0 Å².